The Hall–Kier alpha value is -3.19. The van der Waals surface area contributed by atoms with Gasteiger partial charge < -0.3 is 20.4 Å². The molecule has 1 unspecified atom stereocenters. The van der Waals surface area contributed by atoms with Crippen LogP contribution >= 0.6 is 0 Å². The quantitative estimate of drug-likeness (QED) is 0.353. The lowest BCUT2D eigenvalue weighted by molar-refractivity contribution is 0.0679. The smallest absolute Gasteiger partial charge is 0.258 e. The van der Waals surface area contributed by atoms with Crippen molar-refractivity contribution in [1.82, 2.24) is 14.9 Å². The average molecular weight is 465 g/mol. The molecule has 3 N–H and O–H groups in total. The number of rotatable bonds is 13. The average Bonchev–Trinajstić information content (AvgIpc) is 2.86. The Morgan fingerprint density at radius 2 is 1.79 bits per heavy atom. The number of aromatic amines is 1. The van der Waals surface area contributed by atoms with Crippen LogP contribution < -0.4 is 16.0 Å². The van der Waals surface area contributed by atoms with Crippen LogP contribution in [-0.2, 0) is 0 Å². The van der Waals surface area contributed by atoms with Crippen LogP contribution in [0.25, 0.3) is 10.9 Å². The summed E-state index contributed by atoms with van der Waals surface area (Å²) in [6.45, 7) is 5.93. The minimum absolute atomic E-state index is 0.0951. The number of benzene rings is 2. The minimum atomic E-state index is -0.389. The summed E-state index contributed by atoms with van der Waals surface area (Å²) in [5.41, 5.74) is 6.62. The van der Waals surface area contributed by atoms with Gasteiger partial charge in [0.15, 0.2) is 0 Å². The Labute approximate surface area is 201 Å². The number of amides is 1. The van der Waals surface area contributed by atoms with Gasteiger partial charge in [-0.05, 0) is 69.1 Å². The molecular formula is C27H36N4O3. The van der Waals surface area contributed by atoms with Crippen molar-refractivity contribution >= 4 is 16.8 Å². The fourth-order valence-electron chi connectivity index (χ4n) is 3.90. The Morgan fingerprint density at radius 3 is 2.53 bits per heavy atom. The van der Waals surface area contributed by atoms with E-state index in [0.717, 1.165) is 44.3 Å². The van der Waals surface area contributed by atoms with Gasteiger partial charge in [0.2, 0.25) is 0 Å². The number of carbonyl (C=O) groups is 1. The number of nitrogens with two attached hydrogens (primary N) is 1. The third kappa shape index (κ3) is 6.67. The number of hydrogen-bond acceptors (Lipinski definition) is 5. The fraction of sp³-hybridized carbons (Fsp3) is 0.444. The summed E-state index contributed by atoms with van der Waals surface area (Å²) in [7, 11) is 0. The number of nitrogens with one attached hydrogen (secondary N) is 1. The van der Waals surface area contributed by atoms with Crippen LogP contribution in [0.15, 0.2) is 53.3 Å². The van der Waals surface area contributed by atoms with Gasteiger partial charge in [-0.25, -0.2) is 4.98 Å². The molecule has 7 heteroatoms. The molecule has 2 aromatic carbocycles. The van der Waals surface area contributed by atoms with Crippen LogP contribution in [0.5, 0.6) is 5.75 Å². The SMILES string of the molecule is CCCCOc1ccc(C(=O)N(CCCCCCN)C(C)c2nc3ccccc3c(=O)[nH]2)cc1. The zero-order valence-corrected chi connectivity index (χ0v) is 20.3. The summed E-state index contributed by atoms with van der Waals surface area (Å²) in [4.78, 5) is 35.5. The predicted octanol–water partition coefficient (Wildman–Crippen LogP) is 4.82. The van der Waals surface area contributed by atoms with Crippen LogP contribution in [0.1, 0.15) is 74.6 Å². The van der Waals surface area contributed by atoms with Gasteiger partial charge in [-0.2, -0.15) is 0 Å². The van der Waals surface area contributed by atoms with E-state index in [9.17, 15) is 9.59 Å². The normalized spacial score (nSPS) is 12.0. The standard InChI is InChI=1S/C27H36N4O3/c1-3-4-19-34-22-15-13-21(14-16-22)27(33)31(18-10-6-5-9-17-28)20(2)25-29-24-12-8-7-11-23(24)26(32)30-25/h7-8,11-16,20H,3-6,9-10,17-19,28H2,1-2H3,(H,29,30,32). The van der Waals surface area contributed by atoms with Crippen LogP contribution in [0.2, 0.25) is 0 Å². The molecule has 0 aliphatic heterocycles. The van der Waals surface area contributed by atoms with Crippen molar-refractivity contribution in [2.24, 2.45) is 5.73 Å². The van der Waals surface area contributed by atoms with E-state index in [-0.39, 0.29) is 17.5 Å². The maximum atomic E-state index is 13.5. The number of ether oxygens (including phenoxy) is 1. The Kier molecular flexibility index (Phi) is 9.64. The van der Waals surface area contributed by atoms with Gasteiger partial charge in [0.1, 0.15) is 11.6 Å². The molecule has 0 saturated heterocycles. The summed E-state index contributed by atoms with van der Waals surface area (Å²) in [6, 6.07) is 14.1. The maximum absolute atomic E-state index is 13.5. The molecule has 0 aliphatic rings. The van der Waals surface area contributed by atoms with Crippen molar-refractivity contribution in [3.8, 4) is 5.75 Å². The van der Waals surface area contributed by atoms with Crippen LogP contribution in [0.3, 0.4) is 0 Å². The molecule has 182 valence electrons. The Morgan fingerprint density at radius 1 is 1.06 bits per heavy atom. The molecule has 1 atom stereocenters. The fourth-order valence-corrected chi connectivity index (χ4v) is 3.90. The van der Waals surface area contributed by atoms with Gasteiger partial charge in [0.05, 0.1) is 23.6 Å². The highest BCUT2D eigenvalue weighted by molar-refractivity contribution is 5.94. The van der Waals surface area contributed by atoms with E-state index in [1.165, 1.54) is 0 Å². The molecule has 1 amide bonds. The Bertz CT molecular complexity index is 1110. The lowest BCUT2D eigenvalue weighted by atomic mass is 10.1. The molecule has 0 aliphatic carbocycles. The molecule has 3 rings (SSSR count). The molecule has 1 aromatic heterocycles. The van der Waals surface area contributed by atoms with E-state index < -0.39 is 0 Å². The van der Waals surface area contributed by atoms with Gasteiger partial charge in [0.25, 0.3) is 11.5 Å². The van der Waals surface area contributed by atoms with E-state index in [4.69, 9.17) is 10.5 Å². The molecule has 0 saturated carbocycles. The highest BCUT2D eigenvalue weighted by atomic mass is 16.5. The van der Waals surface area contributed by atoms with Gasteiger partial charge in [0, 0.05) is 12.1 Å². The van der Waals surface area contributed by atoms with Crippen LogP contribution in [0.4, 0.5) is 0 Å². The van der Waals surface area contributed by atoms with E-state index >= 15 is 0 Å². The van der Waals surface area contributed by atoms with Crippen molar-refractivity contribution < 1.29 is 9.53 Å². The lowest BCUT2D eigenvalue weighted by Crippen LogP contribution is -2.36. The number of hydrogen-bond donors (Lipinski definition) is 2. The number of H-pyrrole nitrogens is 1. The molecule has 1 heterocycles. The van der Waals surface area contributed by atoms with Crippen molar-refractivity contribution in [3.63, 3.8) is 0 Å². The molecule has 3 aromatic rings. The number of fused-ring (bicyclic) bond motifs is 1. The number of aromatic nitrogens is 2. The van der Waals surface area contributed by atoms with E-state index in [1.807, 2.05) is 37.3 Å². The molecule has 7 nitrogen and oxygen atoms in total. The summed E-state index contributed by atoms with van der Waals surface area (Å²) < 4.78 is 5.73. The number of nitrogens with zero attached hydrogens (tertiary/aromatic N) is 2. The van der Waals surface area contributed by atoms with Gasteiger partial charge in [-0.1, -0.05) is 38.3 Å². The second-order valence-corrected chi connectivity index (χ2v) is 8.57. The third-order valence-corrected chi connectivity index (χ3v) is 5.98. The summed E-state index contributed by atoms with van der Waals surface area (Å²) in [6.07, 6.45) is 5.91. The second-order valence-electron chi connectivity index (χ2n) is 8.57. The summed E-state index contributed by atoms with van der Waals surface area (Å²) in [5.74, 6) is 1.15. The topological polar surface area (TPSA) is 101 Å². The Balaban J connectivity index is 1.82. The molecule has 34 heavy (non-hydrogen) atoms. The van der Waals surface area contributed by atoms with Crippen LogP contribution in [-0.4, -0.2) is 40.5 Å². The molecule has 0 spiro atoms. The maximum Gasteiger partial charge on any atom is 0.258 e. The zero-order valence-electron chi connectivity index (χ0n) is 20.3. The minimum Gasteiger partial charge on any atom is -0.494 e. The molecule has 0 fully saturated rings. The molecular weight excluding hydrogens is 428 g/mol. The predicted molar refractivity (Wildman–Crippen MR) is 136 cm³/mol. The lowest BCUT2D eigenvalue weighted by Gasteiger charge is -2.29. The largest absolute Gasteiger partial charge is 0.494 e. The van der Waals surface area contributed by atoms with Crippen molar-refractivity contribution in [1.29, 1.82) is 0 Å². The monoisotopic (exact) mass is 464 g/mol. The van der Waals surface area contributed by atoms with Gasteiger partial charge in [-0.15, -0.1) is 0 Å². The molecule has 0 radical (unpaired) electrons. The van der Waals surface area contributed by atoms with Crippen LogP contribution in [0, 0.1) is 0 Å². The van der Waals surface area contributed by atoms with E-state index in [2.05, 4.69) is 16.9 Å². The van der Waals surface area contributed by atoms with Crippen molar-refractivity contribution in [2.45, 2.75) is 58.4 Å². The third-order valence-electron chi connectivity index (χ3n) is 5.98. The second kappa shape index (κ2) is 12.9. The first-order valence-corrected chi connectivity index (χ1v) is 12.3. The summed E-state index contributed by atoms with van der Waals surface area (Å²) >= 11 is 0. The van der Waals surface area contributed by atoms with Gasteiger partial charge in [-0.3, -0.25) is 9.59 Å². The van der Waals surface area contributed by atoms with Crippen molar-refractivity contribution in [2.75, 3.05) is 19.7 Å². The van der Waals surface area contributed by atoms with E-state index in [0.29, 0.717) is 42.0 Å². The first-order valence-electron chi connectivity index (χ1n) is 12.3. The summed E-state index contributed by atoms with van der Waals surface area (Å²) in [5, 5.41) is 0.539. The number of para-hydroxylation sites is 1. The first-order chi connectivity index (χ1) is 16.5. The highest BCUT2D eigenvalue weighted by Gasteiger charge is 2.24. The number of carbonyl (C=O) groups excluding carboxylic acids is 1. The highest BCUT2D eigenvalue weighted by Crippen LogP contribution is 2.23. The first kappa shape index (κ1) is 25.4. The zero-order chi connectivity index (χ0) is 24.3. The van der Waals surface area contributed by atoms with Gasteiger partial charge >= 0.3 is 0 Å². The van der Waals surface area contributed by atoms with E-state index in [1.54, 1.807) is 23.1 Å². The number of unbranched alkanes of at least 4 members (excludes halogenated alkanes) is 4. The van der Waals surface area contributed by atoms with Crippen molar-refractivity contribution in [3.05, 3.63) is 70.3 Å². The molecule has 0 bridgehead atoms.